The second-order valence-electron chi connectivity index (χ2n) is 4.23. The first-order chi connectivity index (χ1) is 7.84. The first-order valence-corrected chi connectivity index (χ1v) is 5.61. The van der Waals surface area contributed by atoms with Crippen molar-refractivity contribution in [2.24, 2.45) is 0 Å². The van der Waals surface area contributed by atoms with Crippen LogP contribution in [0, 0.1) is 0 Å². The average Bonchev–Trinajstić information content (AvgIpc) is 2.75. The average molecular weight is 211 g/mol. The molecule has 1 atom stereocenters. The van der Waals surface area contributed by atoms with Gasteiger partial charge in [-0.15, -0.1) is 0 Å². The molecule has 1 aliphatic heterocycles. The molecule has 1 aliphatic rings. The molecule has 1 amide bonds. The minimum Gasteiger partial charge on any atom is -0.349 e. The van der Waals surface area contributed by atoms with Crippen LogP contribution in [0.2, 0.25) is 0 Å². The summed E-state index contributed by atoms with van der Waals surface area (Å²) in [5.41, 5.74) is 1.24. The molecular formula is C14H13NO. The highest BCUT2D eigenvalue weighted by Gasteiger charge is 2.23. The van der Waals surface area contributed by atoms with Crippen molar-refractivity contribution in [1.82, 2.24) is 5.32 Å². The van der Waals surface area contributed by atoms with E-state index in [0.717, 1.165) is 6.42 Å². The number of carbonyl (C=O) groups excluding carboxylic acids is 1. The molecule has 0 spiro atoms. The SMILES string of the molecule is O=C1CCC(c2cccc3ccccc23)N1. The number of carbonyl (C=O) groups is 1. The molecule has 2 aromatic rings. The van der Waals surface area contributed by atoms with Gasteiger partial charge < -0.3 is 5.32 Å². The largest absolute Gasteiger partial charge is 0.349 e. The molecule has 2 nitrogen and oxygen atoms in total. The summed E-state index contributed by atoms with van der Waals surface area (Å²) in [5.74, 6) is 0.165. The van der Waals surface area contributed by atoms with Gasteiger partial charge in [-0.05, 0) is 22.8 Å². The highest BCUT2D eigenvalue weighted by Crippen LogP contribution is 2.29. The Morgan fingerprint density at radius 2 is 1.88 bits per heavy atom. The van der Waals surface area contributed by atoms with Crippen molar-refractivity contribution in [3.8, 4) is 0 Å². The molecule has 1 saturated heterocycles. The molecule has 0 bridgehead atoms. The Morgan fingerprint density at radius 1 is 1.06 bits per heavy atom. The van der Waals surface area contributed by atoms with Gasteiger partial charge in [0.05, 0.1) is 6.04 Å². The number of nitrogens with one attached hydrogen (secondary N) is 1. The van der Waals surface area contributed by atoms with Gasteiger partial charge in [0.1, 0.15) is 0 Å². The van der Waals surface area contributed by atoms with E-state index in [-0.39, 0.29) is 11.9 Å². The lowest BCUT2D eigenvalue weighted by molar-refractivity contribution is -0.119. The van der Waals surface area contributed by atoms with Crippen molar-refractivity contribution in [3.05, 3.63) is 48.0 Å². The third kappa shape index (κ3) is 1.47. The van der Waals surface area contributed by atoms with Crippen LogP contribution in [0.4, 0.5) is 0 Å². The standard InChI is InChI=1S/C14H13NO/c16-14-9-8-13(15-14)12-7-3-5-10-4-1-2-6-11(10)12/h1-7,13H,8-9H2,(H,15,16). The number of amides is 1. The van der Waals surface area contributed by atoms with Crippen LogP contribution in [-0.4, -0.2) is 5.91 Å². The fourth-order valence-electron chi connectivity index (χ4n) is 2.40. The normalized spacial score (nSPS) is 20.0. The van der Waals surface area contributed by atoms with Crippen molar-refractivity contribution in [2.45, 2.75) is 18.9 Å². The summed E-state index contributed by atoms with van der Waals surface area (Å²) in [6.45, 7) is 0. The summed E-state index contributed by atoms with van der Waals surface area (Å²) < 4.78 is 0. The summed E-state index contributed by atoms with van der Waals surface area (Å²) in [7, 11) is 0. The Morgan fingerprint density at radius 3 is 2.69 bits per heavy atom. The summed E-state index contributed by atoms with van der Waals surface area (Å²) in [6, 6.07) is 14.8. The maximum atomic E-state index is 11.3. The van der Waals surface area contributed by atoms with Gasteiger partial charge >= 0.3 is 0 Å². The third-order valence-corrected chi connectivity index (χ3v) is 3.19. The first-order valence-electron chi connectivity index (χ1n) is 5.61. The number of hydrogen-bond donors (Lipinski definition) is 1. The van der Waals surface area contributed by atoms with Crippen LogP contribution in [0.15, 0.2) is 42.5 Å². The van der Waals surface area contributed by atoms with E-state index in [2.05, 4.69) is 35.6 Å². The zero-order chi connectivity index (χ0) is 11.0. The molecule has 1 heterocycles. The van der Waals surface area contributed by atoms with Crippen molar-refractivity contribution in [1.29, 1.82) is 0 Å². The molecule has 2 aromatic carbocycles. The predicted molar refractivity (Wildman–Crippen MR) is 64.1 cm³/mol. The lowest BCUT2D eigenvalue weighted by atomic mass is 9.98. The molecule has 1 unspecified atom stereocenters. The van der Waals surface area contributed by atoms with Gasteiger partial charge in [-0.1, -0.05) is 42.5 Å². The molecule has 1 fully saturated rings. The van der Waals surface area contributed by atoms with Crippen LogP contribution in [0.1, 0.15) is 24.4 Å². The Bertz CT molecular complexity index is 542. The minimum atomic E-state index is 0.165. The van der Waals surface area contributed by atoms with Crippen molar-refractivity contribution >= 4 is 16.7 Å². The van der Waals surface area contributed by atoms with E-state index >= 15 is 0 Å². The molecule has 3 rings (SSSR count). The Hall–Kier alpha value is -1.83. The molecule has 0 aliphatic carbocycles. The smallest absolute Gasteiger partial charge is 0.220 e. The van der Waals surface area contributed by atoms with Gasteiger partial charge in [0, 0.05) is 6.42 Å². The number of fused-ring (bicyclic) bond motifs is 1. The molecule has 16 heavy (non-hydrogen) atoms. The van der Waals surface area contributed by atoms with Crippen molar-refractivity contribution in [2.75, 3.05) is 0 Å². The zero-order valence-electron chi connectivity index (χ0n) is 8.94. The summed E-state index contributed by atoms with van der Waals surface area (Å²) in [4.78, 5) is 11.3. The lowest BCUT2D eigenvalue weighted by Crippen LogP contribution is -2.18. The number of rotatable bonds is 1. The highest BCUT2D eigenvalue weighted by atomic mass is 16.1. The molecule has 0 radical (unpaired) electrons. The van der Waals surface area contributed by atoms with Gasteiger partial charge in [0.25, 0.3) is 0 Å². The van der Waals surface area contributed by atoms with Crippen LogP contribution in [0.5, 0.6) is 0 Å². The fourth-order valence-corrected chi connectivity index (χ4v) is 2.40. The van der Waals surface area contributed by atoms with E-state index in [9.17, 15) is 4.79 Å². The van der Waals surface area contributed by atoms with E-state index in [1.165, 1.54) is 16.3 Å². The molecule has 0 aromatic heterocycles. The van der Waals surface area contributed by atoms with Crippen LogP contribution >= 0.6 is 0 Å². The number of hydrogen-bond acceptors (Lipinski definition) is 1. The fraction of sp³-hybridized carbons (Fsp3) is 0.214. The first kappa shape index (κ1) is 9.40. The summed E-state index contributed by atoms with van der Waals surface area (Å²) in [5, 5.41) is 5.51. The maximum Gasteiger partial charge on any atom is 0.220 e. The third-order valence-electron chi connectivity index (χ3n) is 3.19. The topological polar surface area (TPSA) is 29.1 Å². The van der Waals surface area contributed by atoms with E-state index < -0.39 is 0 Å². The maximum absolute atomic E-state index is 11.3. The summed E-state index contributed by atoms with van der Waals surface area (Å²) in [6.07, 6.45) is 1.56. The van der Waals surface area contributed by atoms with E-state index in [4.69, 9.17) is 0 Å². The van der Waals surface area contributed by atoms with Gasteiger partial charge in [0.2, 0.25) is 5.91 Å². The van der Waals surface area contributed by atoms with Gasteiger partial charge in [0.15, 0.2) is 0 Å². The second kappa shape index (κ2) is 3.63. The number of benzene rings is 2. The zero-order valence-corrected chi connectivity index (χ0v) is 8.94. The Balaban J connectivity index is 2.13. The van der Waals surface area contributed by atoms with Crippen LogP contribution in [0.25, 0.3) is 10.8 Å². The summed E-state index contributed by atoms with van der Waals surface area (Å²) >= 11 is 0. The van der Waals surface area contributed by atoms with E-state index in [0.29, 0.717) is 6.42 Å². The quantitative estimate of drug-likeness (QED) is 0.772. The monoisotopic (exact) mass is 211 g/mol. The predicted octanol–water partition coefficient (Wildman–Crippen LogP) is 2.79. The van der Waals surface area contributed by atoms with E-state index in [1.807, 2.05) is 12.1 Å². The van der Waals surface area contributed by atoms with Crippen LogP contribution < -0.4 is 5.32 Å². The lowest BCUT2D eigenvalue weighted by Gasteiger charge is -2.13. The molecule has 80 valence electrons. The minimum absolute atomic E-state index is 0.165. The van der Waals surface area contributed by atoms with Gasteiger partial charge in [-0.2, -0.15) is 0 Å². The van der Waals surface area contributed by atoms with Crippen molar-refractivity contribution < 1.29 is 4.79 Å². The molecule has 0 saturated carbocycles. The molecule has 2 heteroatoms. The van der Waals surface area contributed by atoms with E-state index in [1.54, 1.807) is 0 Å². The highest BCUT2D eigenvalue weighted by molar-refractivity contribution is 5.87. The molecule has 1 N–H and O–H groups in total. The Kier molecular flexibility index (Phi) is 2.13. The van der Waals surface area contributed by atoms with Crippen molar-refractivity contribution in [3.63, 3.8) is 0 Å². The second-order valence-corrected chi connectivity index (χ2v) is 4.23. The van der Waals surface area contributed by atoms with Gasteiger partial charge in [-0.3, -0.25) is 4.79 Å². The molecular weight excluding hydrogens is 198 g/mol. The van der Waals surface area contributed by atoms with Crippen LogP contribution in [0.3, 0.4) is 0 Å². The van der Waals surface area contributed by atoms with Crippen LogP contribution in [-0.2, 0) is 4.79 Å². The Labute approximate surface area is 94.3 Å². The van der Waals surface area contributed by atoms with Gasteiger partial charge in [-0.25, -0.2) is 0 Å².